The predicted octanol–water partition coefficient (Wildman–Crippen LogP) is 2.15. The Bertz CT molecular complexity index is 510. The quantitative estimate of drug-likeness (QED) is 0.412. The second kappa shape index (κ2) is 8.10. The molecule has 0 amide bonds. The number of rotatable bonds is 9. The maximum absolute atomic E-state index is 12.2. The van der Waals surface area contributed by atoms with Crippen molar-refractivity contribution in [3.8, 4) is 5.75 Å². The Morgan fingerprint density at radius 2 is 2.19 bits per heavy atom. The number of nitro groups is 1. The summed E-state index contributed by atoms with van der Waals surface area (Å²) in [5.41, 5.74) is -0.0289. The van der Waals surface area contributed by atoms with E-state index in [2.05, 4.69) is 10.1 Å². The highest BCUT2D eigenvalue weighted by atomic mass is 19.3. The molecule has 0 saturated heterocycles. The summed E-state index contributed by atoms with van der Waals surface area (Å²) in [4.78, 5) is 20.4. The van der Waals surface area contributed by atoms with Gasteiger partial charge in [-0.05, 0) is 19.0 Å². The van der Waals surface area contributed by atoms with Crippen LogP contribution >= 0.6 is 0 Å². The van der Waals surface area contributed by atoms with E-state index < -0.39 is 17.5 Å². The van der Waals surface area contributed by atoms with Crippen molar-refractivity contribution in [2.24, 2.45) is 0 Å². The molecule has 0 bridgehead atoms. The van der Waals surface area contributed by atoms with Crippen molar-refractivity contribution >= 4 is 11.7 Å². The molecule has 0 aliphatic carbocycles. The number of hydrogen-bond acceptors (Lipinski definition) is 5. The number of non-ortho nitro benzene ring substituents is 1. The van der Waals surface area contributed by atoms with Crippen molar-refractivity contribution < 1.29 is 28.3 Å². The molecule has 1 rings (SSSR count). The van der Waals surface area contributed by atoms with Gasteiger partial charge in [-0.2, -0.15) is 8.78 Å². The molecule has 0 heterocycles. The molecule has 2 N–H and O–H groups in total. The Labute approximate surface area is 118 Å². The number of carboxylic acids is 1. The molecule has 0 saturated carbocycles. The highest BCUT2D eigenvalue weighted by Gasteiger charge is 2.14. The molecule has 1 aromatic carbocycles. The zero-order valence-electron chi connectivity index (χ0n) is 10.9. The van der Waals surface area contributed by atoms with Crippen molar-refractivity contribution in [2.45, 2.75) is 26.0 Å². The number of alkyl halides is 2. The average molecular weight is 304 g/mol. The molecule has 0 atom stereocenters. The summed E-state index contributed by atoms with van der Waals surface area (Å²) in [5.74, 6) is -1.09. The van der Waals surface area contributed by atoms with Gasteiger partial charge in [-0.25, -0.2) is 0 Å². The van der Waals surface area contributed by atoms with Crippen LogP contribution in [0.4, 0.5) is 14.5 Å². The number of aliphatic carboxylic acids is 1. The van der Waals surface area contributed by atoms with Gasteiger partial charge in [0.15, 0.2) is 0 Å². The summed E-state index contributed by atoms with van der Waals surface area (Å²) in [6.45, 7) is -2.64. The number of benzene rings is 1. The maximum atomic E-state index is 12.2. The van der Waals surface area contributed by atoms with E-state index in [1.165, 1.54) is 0 Å². The Morgan fingerprint density at radius 1 is 1.48 bits per heavy atom. The summed E-state index contributed by atoms with van der Waals surface area (Å²) in [6, 6.07) is 3.33. The number of nitrogens with one attached hydrogen (secondary N) is 1. The third-order valence-electron chi connectivity index (χ3n) is 2.53. The minimum atomic E-state index is -3.03. The molecule has 0 fully saturated rings. The largest absolute Gasteiger partial charge is 0.481 e. The van der Waals surface area contributed by atoms with Crippen molar-refractivity contribution in [3.05, 3.63) is 33.9 Å². The van der Waals surface area contributed by atoms with Gasteiger partial charge in [-0.1, -0.05) is 0 Å². The first-order valence-electron chi connectivity index (χ1n) is 6.04. The molecule has 0 spiro atoms. The molecule has 116 valence electrons. The second-order valence-corrected chi connectivity index (χ2v) is 4.10. The van der Waals surface area contributed by atoms with Gasteiger partial charge < -0.3 is 15.2 Å². The number of halogens is 2. The monoisotopic (exact) mass is 304 g/mol. The minimum absolute atomic E-state index is 0.0255. The minimum Gasteiger partial charge on any atom is -0.481 e. The molecule has 7 nitrogen and oxygen atoms in total. The molecule has 0 radical (unpaired) electrons. The predicted molar refractivity (Wildman–Crippen MR) is 68.3 cm³/mol. The van der Waals surface area contributed by atoms with Gasteiger partial charge in [-0.15, -0.1) is 0 Å². The van der Waals surface area contributed by atoms with Crippen molar-refractivity contribution in [1.82, 2.24) is 5.32 Å². The Hall–Kier alpha value is -2.29. The van der Waals surface area contributed by atoms with Crippen LogP contribution in [0.2, 0.25) is 0 Å². The van der Waals surface area contributed by atoms with Crippen LogP contribution < -0.4 is 10.1 Å². The fourth-order valence-corrected chi connectivity index (χ4v) is 1.62. The first-order valence-corrected chi connectivity index (χ1v) is 6.04. The standard InChI is InChI=1S/C12H14F2N2O5/c13-12(14)21-10-4-3-9(16(19)20)6-8(10)7-15-5-1-2-11(17)18/h3-4,6,12,15H,1-2,5,7H2,(H,17,18). The van der Waals surface area contributed by atoms with Crippen LogP contribution in [-0.2, 0) is 11.3 Å². The van der Waals surface area contributed by atoms with Crippen molar-refractivity contribution in [3.63, 3.8) is 0 Å². The zero-order valence-corrected chi connectivity index (χ0v) is 10.9. The van der Waals surface area contributed by atoms with Gasteiger partial charge in [0.1, 0.15) is 5.75 Å². The average Bonchev–Trinajstić information content (AvgIpc) is 2.38. The molecule has 9 heteroatoms. The van der Waals surface area contributed by atoms with E-state index >= 15 is 0 Å². The molecule has 1 aromatic rings. The Balaban J connectivity index is 2.69. The lowest BCUT2D eigenvalue weighted by Gasteiger charge is -2.11. The van der Waals surface area contributed by atoms with Gasteiger partial charge in [0.2, 0.25) is 0 Å². The molecular formula is C12H14F2N2O5. The lowest BCUT2D eigenvalue weighted by molar-refractivity contribution is -0.385. The Morgan fingerprint density at radius 3 is 2.76 bits per heavy atom. The summed E-state index contributed by atoms with van der Waals surface area (Å²) in [6.07, 6.45) is 0.331. The highest BCUT2D eigenvalue weighted by Crippen LogP contribution is 2.25. The lowest BCUT2D eigenvalue weighted by Crippen LogP contribution is -2.17. The third kappa shape index (κ3) is 6.13. The second-order valence-electron chi connectivity index (χ2n) is 4.10. The first-order chi connectivity index (χ1) is 9.90. The van der Waals surface area contributed by atoms with Crippen LogP contribution in [0.1, 0.15) is 18.4 Å². The van der Waals surface area contributed by atoms with E-state index in [-0.39, 0.29) is 30.0 Å². The van der Waals surface area contributed by atoms with E-state index in [4.69, 9.17) is 5.11 Å². The zero-order chi connectivity index (χ0) is 15.8. The maximum Gasteiger partial charge on any atom is 0.387 e. The molecule has 21 heavy (non-hydrogen) atoms. The summed E-state index contributed by atoms with van der Waals surface area (Å²) in [5, 5.41) is 22.0. The van der Waals surface area contributed by atoms with Crippen LogP contribution in [0, 0.1) is 10.1 Å². The van der Waals surface area contributed by atoms with Crippen LogP contribution in [0.3, 0.4) is 0 Å². The normalized spacial score (nSPS) is 10.6. The summed E-state index contributed by atoms with van der Waals surface area (Å²) >= 11 is 0. The number of carbonyl (C=O) groups is 1. The SMILES string of the molecule is O=C(O)CCCNCc1cc([N+](=O)[O-])ccc1OC(F)F. The smallest absolute Gasteiger partial charge is 0.387 e. The molecule has 0 unspecified atom stereocenters. The van der Waals surface area contributed by atoms with E-state index in [0.717, 1.165) is 18.2 Å². The van der Waals surface area contributed by atoms with E-state index in [1.54, 1.807) is 0 Å². The Kier molecular flexibility index (Phi) is 6.47. The van der Waals surface area contributed by atoms with Crippen LogP contribution in [0.25, 0.3) is 0 Å². The number of nitrogens with zero attached hydrogens (tertiary/aromatic N) is 1. The molecule has 0 aromatic heterocycles. The number of nitro benzene ring substituents is 1. The van der Waals surface area contributed by atoms with Gasteiger partial charge in [0, 0.05) is 30.7 Å². The fraction of sp³-hybridized carbons (Fsp3) is 0.417. The van der Waals surface area contributed by atoms with Crippen LogP contribution in [-0.4, -0.2) is 29.2 Å². The van der Waals surface area contributed by atoms with Crippen LogP contribution in [0.15, 0.2) is 18.2 Å². The number of ether oxygens (including phenoxy) is 1. The molecular weight excluding hydrogens is 290 g/mol. The third-order valence-corrected chi connectivity index (χ3v) is 2.53. The lowest BCUT2D eigenvalue weighted by atomic mass is 10.1. The van der Waals surface area contributed by atoms with Crippen molar-refractivity contribution in [2.75, 3.05) is 6.54 Å². The molecule has 0 aliphatic rings. The van der Waals surface area contributed by atoms with Gasteiger partial charge in [-0.3, -0.25) is 14.9 Å². The van der Waals surface area contributed by atoms with Gasteiger partial charge >= 0.3 is 12.6 Å². The first kappa shape index (κ1) is 16.8. The molecule has 0 aliphatic heterocycles. The van der Waals surface area contributed by atoms with Gasteiger partial charge in [0.25, 0.3) is 5.69 Å². The van der Waals surface area contributed by atoms with Crippen LogP contribution in [0.5, 0.6) is 5.75 Å². The van der Waals surface area contributed by atoms with E-state index in [0.29, 0.717) is 13.0 Å². The topological polar surface area (TPSA) is 102 Å². The summed E-state index contributed by atoms with van der Waals surface area (Å²) in [7, 11) is 0. The van der Waals surface area contributed by atoms with E-state index in [9.17, 15) is 23.7 Å². The van der Waals surface area contributed by atoms with E-state index in [1.807, 2.05) is 0 Å². The number of carboxylic acid groups (broad SMARTS) is 1. The fourth-order valence-electron chi connectivity index (χ4n) is 1.62. The van der Waals surface area contributed by atoms with Gasteiger partial charge in [0.05, 0.1) is 4.92 Å². The number of hydrogen-bond donors (Lipinski definition) is 2. The van der Waals surface area contributed by atoms with Crippen molar-refractivity contribution in [1.29, 1.82) is 0 Å². The highest BCUT2D eigenvalue weighted by molar-refractivity contribution is 5.66. The summed E-state index contributed by atoms with van der Waals surface area (Å²) < 4.78 is 28.8.